The molecule has 2 saturated carbocycles. The second kappa shape index (κ2) is 6.44. The molecule has 1 heterocycles. The maximum Gasteiger partial charge on any atom is 0.338 e. The molecule has 0 bridgehead atoms. The number of ether oxygens (including phenoxy) is 2. The Hall–Kier alpha value is -0.900. The number of carbonyl (C=O) groups is 2. The van der Waals surface area contributed by atoms with Crippen molar-refractivity contribution in [3.63, 3.8) is 0 Å². The molecule has 1 saturated heterocycles. The Morgan fingerprint density at radius 1 is 1.29 bits per heavy atom. The molecule has 0 amide bonds. The van der Waals surface area contributed by atoms with Crippen LogP contribution in [0.2, 0.25) is 0 Å². The molecule has 3 unspecified atom stereocenters. The molecule has 3 fully saturated rings. The van der Waals surface area contributed by atoms with Gasteiger partial charge in [-0.05, 0) is 62.7 Å². The van der Waals surface area contributed by atoms with Gasteiger partial charge < -0.3 is 9.47 Å². The summed E-state index contributed by atoms with van der Waals surface area (Å²) in [4.78, 5) is 24.2. The van der Waals surface area contributed by atoms with Gasteiger partial charge in [0.2, 0.25) is 0 Å². The van der Waals surface area contributed by atoms with Crippen molar-refractivity contribution in [1.29, 1.82) is 0 Å². The van der Waals surface area contributed by atoms with Crippen LogP contribution in [0.5, 0.6) is 0 Å². The van der Waals surface area contributed by atoms with E-state index < -0.39 is 5.60 Å². The molecule has 2 aliphatic carbocycles. The second-order valence-corrected chi connectivity index (χ2v) is 8.78. The van der Waals surface area contributed by atoms with Crippen LogP contribution in [-0.4, -0.2) is 30.6 Å². The van der Waals surface area contributed by atoms with Crippen LogP contribution in [0, 0.1) is 23.2 Å². The van der Waals surface area contributed by atoms with Crippen molar-refractivity contribution in [3.05, 3.63) is 0 Å². The van der Waals surface area contributed by atoms with E-state index in [0.717, 1.165) is 32.1 Å². The fourth-order valence-corrected chi connectivity index (χ4v) is 5.72. The molecule has 0 spiro atoms. The number of cyclic esters (lactones) is 1. The zero-order valence-corrected chi connectivity index (χ0v) is 15.6. The van der Waals surface area contributed by atoms with E-state index in [1.54, 1.807) is 7.11 Å². The van der Waals surface area contributed by atoms with Gasteiger partial charge in [0, 0.05) is 25.9 Å². The van der Waals surface area contributed by atoms with Crippen LogP contribution >= 0.6 is 0 Å². The maximum atomic E-state index is 12.3. The van der Waals surface area contributed by atoms with Gasteiger partial charge in [0.25, 0.3) is 0 Å². The largest absolute Gasteiger partial charge is 0.460 e. The van der Waals surface area contributed by atoms with Crippen LogP contribution in [0.25, 0.3) is 0 Å². The first-order chi connectivity index (χ1) is 11.3. The molecule has 6 atom stereocenters. The van der Waals surface area contributed by atoms with Crippen molar-refractivity contribution in [2.45, 2.75) is 83.8 Å². The Balaban J connectivity index is 1.57. The molecule has 0 radical (unpaired) electrons. The van der Waals surface area contributed by atoms with E-state index in [-0.39, 0.29) is 17.5 Å². The van der Waals surface area contributed by atoms with Gasteiger partial charge in [-0.2, -0.15) is 0 Å². The molecule has 4 heteroatoms. The van der Waals surface area contributed by atoms with Gasteiger partial charge in [0.1, 0.15) is 11.9 Å². The number of rotatable bonds is 5. The molecular weight excluding hydrogens is 304 g/mol. The van der Waals surface area contributed by atoms with Crippen molar-refractivity contribution in [2.24, 2.45) is 23.2 Å². The van der Waals surface area contributed by atoms with Gasteiger partial charge in [0.05, 0.1) is 0 Å². The molecule has 136 valence electrons. The van der Waals surface area contributed by atoms with E-state index in [9.17, 15) is 9.59 Å². The summed E-state index contributed by atoms with van der Waals surface area (Å²) >= 11 is 0. The summed E-state index contributed by atoms with van der Waals surface area (Å²) in [5.41, 5.74) is -0.573. The molecule has 4 nitrogen and oxygen atoms in total. The minimum atomic E-state index is -0.770. The van der Waals surface area contributed by atoms with Gasteiger partial charge in [-0.25, -0.2) is 4.79 Å². The standard InChI is InChI=1S/C20H32O4/c1-13(7-8-14-12-20(3,23-4)18(22)24-14)15-9-10-16-17(21)6-5-11-19(15,16)2/h13-16H,5-12H2,1-4H3/t13-,14?,15-,16?,19-,20?/m1/s1. The van der Waals surface area contributed by atoms with Crippen LogP contribution < -0.4 is 0 Å². The molecule has 0 aromatic rings. The summed E-state index contributed by atoms with van der Waals surface area (Å²) in [5, 5.41) is 0. The van der Waals surface area contributed by atoms with Crippen LogP contribution in [0.4, 0.5) is 0 Å². The third-order valence-corrected chi connectivity index (χ3v) is 7.34. The topological polar surface area (TPSA) is 52.6 Å². The van der Waals surface area contributed by atoms with Crippen molar-refractivity contribution < 1.29 is 19.1 Å². The lowest BCUT2D eigenvalue weighted by molar-refractivity contribution is -0.156. The third kappa shape index (κ3) is 2.91. The summed E-state index contributed by atoms with van der Waals surface area (Å²) < 4.78 is 10.8. The molecule has 24 heavy (non-hydrogen) atoms. The van der Waals surface area contributed by atoms with E-state index in [0.29, 0.717) is 30.0 Å². The van der Waals surface area contributed by atoms with E-state index >= 15 is 0 Å². The molecule has 0 N–H and O–H groups in total. The van der Waals surface area contributed by atoms with E-state index in [1.165, 1.54) is 12.8 Å². The monoisotopic (exact) mass is 336 g/mol. The minimum Gasteiger partial charge on any atom is -0.460 e. The molecule has 1 aliphatic heterocycles. The lowest BCUT2D eigenvalue weighted by Crippen LogP contribution is -2.39. The van der Waals surface area contributed by atoms with Gasteiger partial charge >= 0.3 is 5.97 Å². The van der Waals surface area contributed by atoms with Crippen LogP contribution in [0.15, 0.2) is 0 Å². The zero-order valence-electron chi connectivity index (χ0n) is 15.6. The lowest BCUT2D eigenvalue weighted by atomic mass is 9.62. The first-order valence-corrected chi connectivity index (χ1v) is 9.59. The summed E-state index contributed by atoms with van der Waals surface area (Å²) in [5.74, 6) is 1.75. The average molecular weight is 336 g/mol. The minimum absolute atomic E-state index is 0.0251. The average Bonchev–Trinajstić information content (AvgIpc) is 3.04. The van der Waals surface area contributed by atoms with Crippen molar-refractivity contribution in [1.82, 2.24) is 0 Å². The fraction of sp³-hybridized carbons (Fsp3) is 0.900. The summed E-state index contributed by atoms with van der Waals surface area (Å²) in [6, 6.07) is 0. The Labute approximate surface area is 145 Å². The fourth-order valence-electron chi connectivity index (χ4n) is 5.72. The summed E-state index contributed by atoms with van der Waals surface area (Å²) in [6.07, 6.45) is 7.87. The zero-order chi connectivity index (χ0) is 17.5. The highest BCUT2D eigenvalue weighted by atomic mass is 16.6. The Morgan fingerprint density at radius 2 is 2.04 bits per heavy atom. The SMILES string of the molecule is COC1(C)CC(CC[C@@H](C)[C@H]2CCC3C(=O)CCC[C@@]32C)OC1=O. The lowest BCUT2D eigenvalue weighted by Gasteiger charge is -2.42. The second-order valence-electron chi connectivity index (χ2n) is 8.78. The molecule has 0 aromatic carbocycles. The van der Waals surface area contributed by atoms with Gasteiger partial charge in [-0.15, -0.1) is 0 Å². The number of hydrogen-bond acceptors (Lipinski definition) is 4. The van der Waals surface area contributed by atoms with Gasteiger partial charge in [0.15, 0.2) is 5.60 Å². The van der Waals surface area contributed by atoms with Crippen molar-refractivity contribution in [3.8, 4) is 0 Å². The quantitative estimate of drug-likeness (QED) is 0.714. The Bertz CT molecular complexity index is 516. The highest BCUT2D eigenvalue weighted by molar-refractivity contribution is 5.83. The number of hydrogen-bond donors (Lipinski definition) is 0. The smallest absolute Gasteiger partial charge is 0.338 e. The maximum absolute atomic E-state index is 12.3. The Kier molecular flexibility index (Phi) is 4.80. The highest BCUT2D eigenvalue weighted by Crippen LogP contribution is 2.57. The van der Waals surface area contributed by atoms with E-state index in [2.05, 4.69) is 13.8 Å². The number of esters is 1. The third-order valence-electron chi connectivity index (χ3n) is 7.34. The van der Waals surface area contributed by atoms with E-state index in [1.807, 2.05) is 6.92 Å². The van der Waals surface area contributed by atoms with E-state index in [4.69, 9.17) is 9.47 Å². The molecule has 3 aliphatic rings. The van der Waals surface area contributed by atoms with Crippen molar-refractivity contribution >= 4 is 11.8 Å². The van der Waals surface area contributed by atoms with Gasteiger partial charge in [-0.1, -0.05) is 13.8 Å². The molecular formula is C20H32O4. The van der Waals surface area contributed by atoms with Crippen molar-refractivity contribution in [2.75, 3.05) is 7.11 Å². The normalized spacial score (nSPS) is 43.6. The molecule has 3 rings (SSSR count). The summed E-state index contributed by atoms with van der Waals surface area (Å²) in [6.45, 7) is 6.49. The Morgan fingerprint density at radius 3 is 2.71 bits per heavy atom. The molecule has 0 aromatic heterocycles. The highest BCUT2D eigenvalue weighted by Gasteiger charge is 2.52. The predicted molar refractivity (Wildman–Crippen MR) is 91.5 cm³/mol. The van der Waals surface area contributed by atoms with Crippen LogP contribution in [-0.2, 0) is 19.1 Å². The number of fused-ring (bicyclic) bond motifs is 1. The first-order valence-electron chi connectivity index (χ1n) is 9.59. The number of ketones is 1. The van der Waals surface area contributed by atoms with Crippen LogP contribution in [0.1, 0.15) is 72.1 Å². The summed E-state index contributed by atoms with van der Waals surface area (Å²) in [7, 11) is 1.58. The van der Waals surface area contributed by atoms with Crippen LogP contribution in [0.3, 0.4) is 0 Å². The number of carbonyl (C=O) groups excluding carboxylic acids is 2. The predicted octanol–water partition coefficient (Wildman–Crippen LogP) is 3.91. The van der Waals surface area contributed by atoms with Gasteiger partial charge in [-0.3, -0.25) is 4.79 Å². The first kappa shape index (κ1) is 17.9. The number of Topliss-reactive ketones (excluding diaryl/α,β-unsaturated/α-hetero) is 1. The number of methoxy groups -OCH3 is 1.